The predicted octanol–water partition coefficient (Wildman–Crippen LogP) is 2.61. The van der Waals surface area contributed by atoms with Crippen molar-refractivity contribution in [2.24, 2.45) is 0 Å². The minimum absolute atomic E-state index is 0.171. The first-order valence-electron chi connectivity index (χ1n) is 8.79. The Hall–Kier alpha value is -1.96. The quantitative estimate of drug-likeness (QED) is 0.706. The van der Waals surface area contributed by atoms with E-state index in [-0.39, 0.29) is 12.0 Å². The number of thioether (sulfide) groups is 1. The van der Waals surface area contributed by atoms with E-state index >= 15 is 0 Å². The number of rotatable bonds is 7. The van der Waals surface area contributed by atoms with Crippen molar-refractivity contribution in [3.8, 4) is 5.88 Å². The number of nitrogens with one attached hydrogen (secondary N) is 2. The lowest BCUT2D eigenvalue weighted by molar-refractivity contribution is 0.0527. The molecule has 7 nitrogen and oxygen atoms in total. The maximum Gasteiger partial charge on any atom is 0.407 e. The van der Waals surface area contributed by atoms with Gasteiger partial charge in [-0.1, -0.05) is 0 Å². The molecule has 1 aliphatic rings. The van der Waals surface area contributed by atoms with Crippen LogP contribution in [0.4, 0.5) is 4.79 Å². The van der Waals surface area contributed by atoms with Crippen LogP contribution in [0.25, 0.3) is 0 Å². The van der Waals surface area contributed by atoms with Crippen molar-refractivity contribution in [3.63, 3.8) is 0 Å². The molecule has 0 aliphatic carbocycles. The lowest BCUT2D eigenvalue weighted by atomic mass is 10.2. The maximum atomic E-state index is 12.2. The minimum atomic E-state index is -0.517. The van der Waals surface area contributed by atoms with Gasteiger partial charge in [-0.25, -0.2) is 9.78 Å². The van der Waals surface area contributed by atoms with Crippen LogP contribution >= 0.6 is 11.8 Å². The molecule has 1 fully saturated rings. The average Bonchev–Trinajstić information content (AvgIpc) is 3.06. The largest absolute Gasteiger partial charge is 0.473 e. The molecule has 26 heavy (non-hydrogen) atoms. The average molecular weight is 381 g/mol. The third kappa shape index (κ3) is 7.51. The van der Waals surface area contributed by atoms with Crippen molar-refractivity contribution in [3.05, 3.63) is 23.9 Å². The molecule has 1 aromatic rings. The zero-order chi connectivity index (χ0) is 19.0. The summed E-state index contributed by atoms with van der Waals surface area (Å²) in [7, 11) is 0. The first-order valence-corrected chi connectivity index (χ1v) is 9.94. The van der Waals surface area contributed by atoms with Gasteiger partial charge in [0, 0.05) is 36.7 Å². The molecule has 1 aromatic heterocycles. The van der Waals surface area contributed by atoms with Crippen LogP contribution in [0.1, 0.15) is 44.0 Å². The molecule has 1 saturated heterocycles. The molecular weight excluding hydrogens is 354 g/mol. The Balaban J connectivity index is 1.68. The third-order valence-electron chi connectivity index (χ3n) is 3.48. The fourth-order valence-electron chi connectivity index (χ4n) is 2.29. The monoisotopic (exact) mass is 381 g/mol. The van der Waals surface area contributed by atoms with Gasteiger partial charge in [0.1, 0.15) is 11.7 Å². The van der Waals surface area contributed by atoms with Crippen molar-refractivity contribution in [1.29, 1.82) is 0 Å². The Morgan fingerprint density at radius 2 is 2.08 bits per heavy atom. The summed E-state index contributed by atoms with van der Waals surface area (Å²) in [4.78, 5) is 27.9. The summed E-state index contributed by atoms with van der Waals surface area (Å²) < 4.78 is 10.9. The summed E-state index contributed by atoms with van der Waals surface area (Å²) >= 11 is 1.86. The molecule has 2 amide bonds. The second-order valence-corrected chi connectivity index (χ2v) is 8.17. The summed E-state index contributed by atoms with van der Waals surface area (Å²) in [6.45, 7) is 6.31. The highest BCUT2D eigenvalue weighted by molar-refractivity contribution is 7.99. The van der Waals surface area contributed by atoms with E-state index in [1.165, 1.54) is 0 Å². The molecule has 1 atom stereocenters. The highest BCUT2D eigenvalue weighted by Crippen LogP contribution is 2.22. The summed E-state index contributed by atoms with van der Waals surface area (Å²) in [5, 5.41) is 5.48. The summed E-state index contributed by atoms with van der Waals surface area (Å²) in [5.41, 5.74) is -0.00267. The Kier molecular flexibility index (Phi) is 7.56. The molecule has 1 unspecified atom stereocenters. The lowest BCUT2D eigenvalue weighted by Crippen LogP contribution is -2.34. The van der Waals surface area contributed by atoms with Gasteiger partial charge in [-0.15, -0.1) is 0 Å². The van der Waals surface area contributed by atoms with Crippen LogP contribution in [0.5, 0.6) is 5.88 Å². The zero-order valence-electron chi connectivity index (χ0n) is 15.5. The van der Waals surface area contributed by atoms with Crippen molar-refractivity contribution in [2.45, 2.75) is 45.3 Å². The highest BCUT2D eigenvalue weighted by atomic mass is 32.2. The van der Waals surface area contributed by atoms with E-state index in [9.17, 15) is 9.59 Å². The van der Waals surface area contributed by atoms with Gasteiger partial charge in [-0.2, -0.15) is 11.8 Å². The Bertz CT molecular complexity index is 613. The number of hydrogen-bond acceptors (Lipinski definition) is 6. The topological polar surface area (TPSA) is 89.6 Å². The number of pyridine rings is 1. The van der Waals surface area contributed by atoms with E-state index in [0.717, 1.165) is 17.9 Å². The Morgan fingerprint density at radius 3 is 2.77 bits per heavy atom. The molecule has 0 bridgehead atoms. The van der Waals surface area contributed by atoms with Gasteiger partial charge in [-0.3, -0.25) is 4.79 Å². The van der Waals surface area contributed by atoms with Crippen LogP contribution in [0.15, 0.2) is 18.3 Å². The second kappa shape index (κ2) is 9.66. The molecule has 1 aliphatic heterocycles. The fourth-order valence-corrected chi connectivity index (χ4v) is 3.38. The molecule has 0 saturated carbocycles. The van der Waals surface area contributed by atoms with E-state index in [1.807, 2.05) is 32.5 Å². The highest BCUT2D eigenvalue weighted by Gasteiger charge is 2.18. The van der Waals surface area contributed by atoms with E-state index in [0.29, 0.717) is 31.0 Å². The summed E-state index contributed by atoms with van der Waals surface area (Å²) in [6.07, 6.45) is 2.91. The van der Waals surface area contributed by atoms with Crippen molar-refractivity contribution in [1.82, 2.24) is 15.6 Å². The number of hydrogen-bond donors (Lipinski definition) is 2. The van der Waals surface area contributed by atoms with Crippen LogP contribution in [-0.4, -0.2) is 53.3 Å². The van der Waals surface area contributed by atoms with Crippen LogP contribution in [0, 0.1) is 0 Å². The molecule has 0 aromatic carbocycles. The Labute approximate surface area is 158 Å². The molecule has 2 N–H and O–H groups in total. The lowest BCUT2D eigenvalue weighted by Gasteiger charge is -2.19. The van der Waals surface area contributed by atoms with Gasteiger partial charge >= 0.3 is 6.09 Å². The van der Waals surface area contributed by atoms with Crippen LogP contribution in [0.3, 0.4) is 0 Å². The number of amides is 2. The van der Waals surface area contributed by atoms with E-state index < -0.39 is 11.7 Å². The molecule has 0 radical (unpaired) electrons. The molecule has 2 rings (SSSR count). The SMILES string of the molecule is CC(C)(C)OC(=O)NCCCNC(=O)c1ccnc(OC2CCSC2)c1. The molecular formula is C18H27N3O4S. The first-order chi connectivity index (χ1) is 12.3. The number of alkyl carbamates (subject to hydrolysis) is 1. The smallest absolute Gasteiger partial charge is 0.407 e. The maximum absolute atomic E-state index is 12.2. The van der Waals surface area contributed by atoms with E-state index in [4.69, 9.17) is 9.47 Å². The van der Waals surface area contributed by atoms with Gasteiger partial charge < -0.3 is 20.1 Å². The second-order valence-electron chi connectivity index (χ2n) is 7.02. The first kappa shape index (κ1) is 20.4. The standard InChI is InChI=1S/C18H27N3O4S/c1-18(2,3)25-17(23)21-8-4-7-20-16(22)13-5-9-19-15(11-13)24-14-6-10-26-12-14/h5,9,11,14H,4,6-8,10,12H2,1-3H3,(H,20,22)(H,21,23). The van der Waals surface area contributed by atoms with Crippen LogP contribution in [-0.2, 0) is 4.74 Å². The number of carbonyl (C=O) groups is 2. The van der Waals surface area contributed by atoms with Gasteiger partial charge in [0.15, 0.2) is 0 Å². The molecule has 0 spiro atoms. The fraction of sp³-hybridized carbons (Fsp3) is 0.611. The molecule has 144 valence electrons. The van der Waals surface area contributed by atoms with Crippen molar-refractivity contribution < 1.29 is 19.1 Å². The number of carbonyl (C=O) groups excluding carboxylic acids is 2. The number of aromatic nitrogens is 1. The van der Waals surface area contributed by atoms with Crippen LogP contribution in [0.2, 0.25) is 0 Å². The van der Waals surface area contributed by atoms with Gasteiger partial charge in [-0.05, 0) is 45.4 Å². The summed E-state index contributed by atoms with van der Waals surface area (Å²) in [6, 6.07) is 3.32. The normalized spacial score (nSPS) is 16.8. The van der Waals surface area contributed by atoms with E-state index in [2.05, 4.69) is 15.6 Å². The van der Waals surface area contributed by atoms with Crippen LogP contribution < -0.4 is 15.4 Å². The van der Waals surface area contributed by atoms with Gasteiger partial charge in [0.2, 0.25) is 5.88 Å². The minimum Gasteiger partial charge on any atom is -0.473 e. The number of nitrogens with zero attached hydrogens (tertiary/aromatic N) is 1. The third-order valence-corrected chi connectivity index (χ3v) is 4.61. The Morgan fingerprint density at radius 1 is 1.31 bits per heavy atom. The van der Waals surface area contributed by atoms with Crippen molar-refractivity contribution >= 4 is 23.8 Å². The van der Waals surface area contributed by atoms with Crippen molar-refractivity contribution in [2.75, 3.05) is 24.6 Å². The van der Waals surface area contributed by atoms with E-state index in [1.54, 1.807) is 18.3 Å². The van der Waals surface area contributed by atoms with Gasteiger partial charge in [0.25, 0.3) is 5.91 Å². The van der Waals surface area contributed by atoms with Gasteiger partial charge in [0.05, 0.1) is 0 Å². The molecule has 8 heteroatoms. The number of ether oxygens (including phenoxy) is 2. The zero-order valence-corrected chi connectivity index (χ0v) is 16.4. The summed E-state index contributed by atoms with van der Waals surface area (Å²) in [5.74, 6) is 2.36. The molecule has 2 heterocycles. The predicted molar refractivity (Wildman–Crippen MR) is 102 cm³/mol.